The van der Waals surface area contributed by atoms with E-state index in [4.69, 9.17) is 27.2 Å². The lowest BCUT2D eigenvalue weighted by atomic mass is 10.2. The number of nitrogen functional groups attached to an aromatic ring is 1. The predicted octanol–water partition coefficient (Wildman–Crippen LogP) is 3.03. The topological polar surface area (TPSA) is 114 Å². The van der Waals surface area contributed by atoms with Crippen molar-refractivity contribution in [2.75, 3.05) is 12.3 Å². The third-order valence-corrected chi connectivity index (χ3v) is 4.77. The van der Waals surface area contributed by atoms with Crippen molar-refractivity contribution in [1.29, 1.82) is 0 Å². The van der Waals surface area contributed by atoms with E-state index in [-0.39, 0.29) is 18.0 Å². The Bertz CT molecular complexity index is 1250. The molecule has 0 aliphatic rings. The van der Waals surface area contributed by atoms with Gasteiger partial charge in [0, 0.05) is 5.02 Å². The number of hydrogen-bond acceptors (Lipinski definition) is 7. The standard InChI is InChI=1S/C19H18ClN7O2/c1-4-29-19(28)14-9-22-27(17(14)21)18-16-15(10(2)23-24-18)11(3)26(25-16)13-7-5-6-12(20)8-13/h5-9H,4,21H2,1-3H3. The number of hydrogen-bond donors (Lipinski definition) is 1. The molecule has 148 valence electrons. The van der Waals surface area contributed by atoms with Crippen LogP contribution in [0.5, 0.6) is 0 Å². The number of carbonyl (C=O) groups excluding carboxylic acids is 1. The highest BCUT2D eigenvalue weighted by atomic mass is 35.5. The number of aromatic nitrogens is 6. The molecule has 0 radical (unpaired) electrons. The summed E-state index contributed by atoms with van der Waals surface area (Å²) in [5.41, 5.74) is 9.25. The highest BCUT2D eigenvalue weighted by Crippen LogP contribution is 2.28. The van der Waals surface area contributed by atoms with Gasteiger partial charge in [0.2, 0.25) is 5.82 Å². The SMILES string of the molecule is CCOC(=O)c1cnn(-c2nnc(C)c3c(C)n(-c4cccc(Cl)c4)nc23)c1N. The first kappa shape index (κ1) is 18.9. The van der Waals surface area contributed by atoms with Crippen LogP contribution in [0.4, 0.5) is 5.82 Å². The summed E-state index contributed by atoms with van der Waals surface area (Å²) < 4.78 is 8.13. The molecule has 3 heterocycles. The van der Waals surface area contributed by atoms with E-state index < -0.39 is 5.97 Å². The monoisotopic (exact) mass is 411 g/mol. The normalized spacial score (nSPS) is 11.2. The smallest absolute Gasteiger partial charge is 0.343 e. The number of anilines is 1. The number of carbonyl (C=O) groups is 1. The molecule has 4 aromatic rings. The molecule has 0 unspecified atom stereocenters. The number of fused-ring (bicyclic) bond motifs is 1. The lowest BCUT2D eigenvalue weighted by molar-refractivity contribution is 0.0527. The van der Waals surface area contributed by atoms with Gasteiger partial charge in [-0.2, -0.15) is 20.0 Å². The maximum Gasteiger partial charge on any atom is 0.343 e. The first-order valence-corrected chi connectivity index (χ1v) is 9.29. The second-order valence-corrected chi connectivity index (χ2v) is 6.82. The second-order valence-electron chi connectivity index (χ2n) is 6.39. The van der Waals surface area contributed by atoms with Crippen molar-refractivity contribution in [2.45, 2.75) is 20.8 Å². The van der Waals surface area contributed by atoms with Crippen molar-refractivity contribution in [3.63, 3.8) is 0 Å². The molecule has 0 spiro atoms. The van der Waals surface area contributed by atoms with Crippen molar-refractivity contribution < 1.29 is 9.53 Å². The third-order valence-electron chi connectivity index (χ3n) is 4.54. The van der Waals surface area contributed by atoms with Crippen LogP contribution in [-0.2, 0) is 4.74 Å². The van der Waals surface area contributed by atoms with E-state index in [0.717, 1.165) is 16.8 Å². The zero-order valence-electron chi connectivity index (χ0n) is 16.0. The first-order valence-electron chi connectivity index (χ1n) is 8.92. The summed E-state index contributed by atoms with van der Waals surface area (Å²) in [6.45, 7) is 5.75. The van der Waals surface area contributed by atoms with E-state index in [1.54, 1.807) is 17.7 Å². The summed E-state index contributed by atoms with van der Waals surface area (Å²) in [6, 6.07) is 7.37. The third kappa shape index (κ3) is 3.09. The van der Waals surface area contributed by atoms with E-state index in [1.807, 2.05) is 32.0 Å². The Kier molecular flexibility index (Phi) is 4.67. The maximum absolute atomic E-state index is 12.1. The highest BCUT2D eigenvalue weighted by molar-refractivity contribution is 6.30. The molecular formula is C19H18ClN7O2. The molecule has 0 bridgehead atoms. The van der Waals surface area contributed by atoms with Gasteiger partial charge in [0.15, 0.2) is 0 Å². The van der Waals surface area contributed by atoms with Crippen LogP contribution in [0.3, 0.4) is 0 Å². The van der Waals surface area contributed by atoms with Gasteiger partial charge in [0.1, 0.15) is 16.9 Å². The van der Waals surface area contributed by atoms with Crippen LogP contribution in [0.25, 0.3) is 22.4 Å². The van der Waals surface area contributed by atoms with Crippen molar-refractivity contribution in [1.82, 2.24) is 29.8 Å². The molecule has 10 heteroatoms. The number of ether oxygens (including phenoxy) is 1. The maximum atomic E-state index is 12.1. The fourth-order valence-electron chi connectivity index (χ4n) is 3.21. The summed E-state index contributed by atoms with van der Waals surface area (Å²) in [6.07, 6.45) is 1.35. The summed E-state index contributed by atoms with van der Waals surface area (Å²) in [7, 11) is 0. The summed E-state index contributed by atoms with van der Waals surface area (Å²) in [4.78, 5) is 12.1. The van der Waals surface area contributed by atoms with Gasteiger partial charge >= 0.3 is 5.97 Å². The largest absolute Gasteiger partial charge is 0.462 e. The van der Waals surface area contributed by atoms with Gasteiger partial charge in [-0.3, -0.25) is 0 Å². The van der Waals surface area contributed by atoms with Crippen LogP contribution in [0.2, 0.25) is 5.02 Å². The molecule has 1 aromatic carbocycles. The summed E-state index contributed by atoms with van der Waals surface area (Å²) >= 11 is 6.14. The lowest BCUT2D eigenvalue weighted by Crippen LogP contribution is -2.10. The van der Waals surface area contributed by atoms with E-state index in [2.05, 4.69) is 15.3 Å². The molecule has 0 fully saturated rings. The number of nitrogens with two attached hydrogens (primary N) is 1. The zero-order chi connectivity index (χ0) is 20.7. The molecule has 4 rings (SSSR count). The number of benzene rings is 1. The van der Waals surface area contributed by atoms with Crippen LogP contribution < -0.4 is 5.73 Å². The van der Waals surface area contributed by atoms with Crippen LogP contribution in [-0.4, -0.2) is 42.3 Å². The minimum absolute atomic E-state index is 0.109. The minimum atomic E-state index is -0.548. The van der Waals surface area contributed by atoms with Gasteiger partial charge in [-0.1, -0.05) is 17.7 Å². The van der Waals surface area contributed by atoms with E-state index in [1.165, 1.54) is 10.9 Å². The Balaban J connectivity index is 1.93. The Hall–Kier alpha value is -3.46. The van der Waals surface area contributed by atoms with Gasteiger partial charge in [0.05, 0.1) is 35.3 Å². The molecule has 0 saturated carbocycles. The molecule has 0 saturated heterocycles. The Morgan fingerprint density at radius 3 is 2.76 bits per heavy atom. The molecular weight excluding hydrogens is 394 g/mol. The predicted molar refractivity (Wildman–Crippen MR) is 109 cm³/mol. The van der Waals surface area contributed by atoms with Crippen LogP contribution in [0.1, 0.15) is 28.7 Å². The molecule has 0 amide bonds. The first-order chi connectivity index (χ1) is 13.9. The van der Waals surface area contributed by atoms with Crippen LogP contribution in [0.15, 0.2) is 30.5 Å². The molecule has 3 aromatic heterocycles. The van der Waals surface area contributed by atoms with Crippen LogP contribution in [0, 0.1) is 13.8 Å². The molecule has 0 aliphatic heterocycles. The van der Waals surface area contributed by atoms with Gasteiger partial charge in [0.25, 0.3) is 0 Å². The molecule has 0 aliphatic carbocycles. The highest BCUT2D eigenvalue weighted by Gasteiger charge is 2.23. The van der Waals surface area contributed by atoms with Gasteiger partial charge in [-0.25, -0.2) is 9.48 Å². The second kappa shape index (κ2) is 7.17. The molecule has 9 nitrogen and oxygen atoms in total. The van der Waals surface area contributed by atoms with Gasteiger partial charge < -0.3 is 10.5 Å². The zero-order valence-corrected chi connectivity index (χ0v) is 16.8. The van der Waals surface area contributed by atoms with E-state index in [0.29, 0.717) is 22.1 Å². The quantitative estimate of drug-likeness (QED) is 0.513. The van der Waals surface area contributed by atoms with Crippen molar-refractivity contribution in [2.24, 2.45) is 0 Å². The van der Waals surface area contributed by atoms with Crippen molar-refractivity contribution in [3.05, 3.63) is 52.4 Å². The van der Waals surface area contributed by atoms with Crippen molar-refractivity contribution >= 4 is 34.3 Å². The average molecular weight is 412 g/mol. The lowest BCUT2D eigenvalue weighted by Gasteiger charge is -2.05. The fourth-order valence-corrected chi connectivity index (χ4v) is 3.39. The Morgan fingerprint density at radius 2 is 2.03 bits per heavy atom. The molecule has 2 N–H and O–H groups in total. The summed E-state index contributed by atoms with van der Waals surface area (Å²) in [5.74, 6) is -0.117. The number of aryl methyl sites for hydroxylation is 2. The number of rotatable bonds is 4. The number of esters is 1. The van der Waals surface area contributed by atoms with Crippen LogP contribution >= 0.6 is 11.6 Å². The minimum Gasteiger partial charge on any atom is -0.462 e. The van der Waals surface area contributed by atoms with E-state index >= 15 is 0 Å². The van der Waals surface area contributed by atoms with Gasteiger partial charge in [-0.05, 0) is 39.0 Å². The van der Waals surface area contributed by atoms with E-state index in [9.17, 15) is 4.79 Å². The number of halogens is 1. The molecule has 0 atom stereocenters. The molecule has 29 heavy (non-hydrogen) atoms. The Morgan fingerprint density at radius 1 is 1.24 bits per heavy atom. The van der Waals surface area contributed by atoms with Gasteiger partial charge in [-0.15, -0.1) is 5.10 Å². The van der Waals surface area contributed by atoms with Crippen molar-refractivity contribution in [3.8, 4) is 11.5 Å². The fraction of sp³-hybridized carbons (Fsp3) is 0.211. The summed E-state index contributed by atoms with van der Waals surface area (Å²) in [5, 5.41) is 18.8. The number of nitrogens with zero attached hydrogens (tertiary/aromatic N) is 6. The average Bonchev–Trinajstić information content (AvgIpc) is 3.24. The Labute approximate surface area is 171 Å².